The number of hydrogen-bond donors (Lipinski definition) is 1. The summed E-state index contributed by atoms with van der Waals surface area (Å²) in [7, 11) is 1.41. The van der Waals surface area contributed by atoms with E-state index in [-0.39, 0.29) is 4.88 Å². The molecule has 1 heterocycles. The Morgan fingerprint density at radius 1 is 1.56 bits per heavy atom. The zero-order chi connectivity index (χ0) is 12.3. The van der Waals surface area contributed by atoms with Crippen molar-refractivity contribution in [2.24, 2.45) is 0 Å². The molecule has 3 nitrogen and oxygen atoms in total. The number of halogens is 3. The Hall–Kier alpha value is -0.660. The lowest BCUT2D eigenvalue weighted by Crippen LogP contribution is -2.18. The highest BCUT2D eigenvalue weighted by molar-refractivity contribution is 7.11. The van der Waals surface area contributed by atoms with Gasteiger partial charge >= 0.3 is 6.18 Å². The third kappa shape index (κ3) is 2.93. The summed E-state index contributed by atoms with van der Waals surface area (Å²) in [6.45, 7) is 1.78. The molecule has 0 aliphatic carbocycles. The molecular weight excluding hydrogens is 243 g/mol. The van der Waals surface area contributed by atoms with Gasteiger partial charge < -0.3 is 9.84 Å². The maximum Gasteiger partial charge on any atom is 0.443 e. The number of aliphatic hydroxyl groups excluding tert-OH is 1. The van der Waals surface area contributed by atoms with E-state index in [1.807, 2.05) is 0 Å². The van der Waals surface area contributed by atoms with Crippen molar-refractivity contribution in [1.29, 1.82) is 0 Å². The smallest absolute Gasteiger partial charge is 0.385 e. The van der Waals surface area contributed by atoms with E-state index in [4.69, 9.17) is 4.74 Å². The van der Waals surface area contributed by atoms with Gasteiger partial charge in [0, 0.05) is 13.3 Å². The molecule has 0 saturated heterocycles. The van der Waals surface area contributed by atoms with Crippen LogP contribution in [0.5, 0.6) is 0 Å². The maximum absolute atomic E-state index is 12.3. The highest BCUT2D eigenvalue weighted by Crippen LogP contribution is 2.35. The standard InChI is InChI=1S/C9H12F3NO2S/c1-3-5(15-2)7(14)6-4-13-8(16-6)9(10,11)12/h4-5,7,14H,3H2,1-2H3. The van der Waals surface area contributed by atoms with Gasteiger partial charge in [-0.05, 0) is 6.42 Å². The predicted molar refractivity (Wildman–Crippen MR) is 53.2 cm³/mol. The van der Waals surface area contributed by atoms with E-state index in [1.165, 1.54) is 7.11 Å². The molecule has 0 bridgehead atoms. The third-order valence-corrected chi connectivity index (χ3v) is 3.23. The van der Waals surface area contributed by atoms with Gasteiger partial charge in [0.05, 0.1) is 11.0 Å². The first-order chi connectivity index (χ1) is 7.40. The summed E-state index contributed by atoms with van der Waals surface area (Å²) in [6, 6.07) is 0. The monoisotopic (exact) mass is 255 g/mol. The summed E-state index contributed by atoms with van der Waals surface area (Å²) < 4.78 is 41.8. The Morgan fingerprint density at radius 3 is 2.56 bits per heavy atom. The molecule has 0 aliphatic rings. The summed E-state index contributed by atoms with van der Waals surface area (Å²) in [4.78, 5) is 3.41. The second-order valence-corrected chi connectivity index (χ2v) is 4.26. The summed E-state index contributed by atoms with van der Waals surface area (Å²) in [5.41, 5.74) is 0. The minimum absolute atomic E-state index is 0.168. The Bertz CT molecular complexity index is 336. The van der Waals surface area contributed by atoms with Gasteiger partial charge in [-0.3, -0.25) is 0 Å². The molecule has 16 heavy (non-hydrogen) atoms. The van der Waals surface area contributed by atoms with Gasteiger partial charge in [-0.25, -0.2) is 4.98 Å². The lowest BCUT2D eigenvalue weighted by atomic mass is 10.1. The van der Waals surface area contributed by atoms with Crippen LogP contribution < -0.4 is 0 Å². The fraction of sp³-hybridized carbons (Fsp3) is 0.667. The van der Waals surface area contributed by atoms with Crippen molar-refractivity contribution >= 4 is 11.3 Å². The largest absolute Gasteiger partial charge is 0.443 e. The summed E-state index contributed by atoms with van der Waals surface area (Å²) in [6.07, 6.45) is -4.49. The third-order valence-electron chi connectivity index (χ3n) is 2.11. The number of aliphatic hydroxyl groups is 1. The Labute approximate surface area is 94.9 Å². The first-order valence-corrected chi connectivity index (χ1v) is 5.45. The minimum atomic E-state index is -4.46. The van der Waals surface area contributed by atoms with E-state index in [0.717, 1.165) is 6.20 Å². The lowest BCUT2D eigenvalue weighted by molar-refractivity contribution is -0.137. The topological polar surface area (TPSA) is 42.4 Å². The number of nitrogens with zero attached hydrogens (tertiary/aromatic N) is 1. The first-order valence-electron chi connectivity index (χ1n) is 4.64. The molecule has 0 aromatic carbocycles. The van der Waals surface area contributed by atoms with Gasteiger partial charge in [-0.2, -0.15) is 13.2 Å². The van der Waals surface area contributed by atoms with Crippen LogP contribution in [0.25, 0.3) is 0 Å². The predicted octanol–water partition coefficient (Wildman–Crippen LogP) is 2.62. The van der Waals surface area contributed by atoms with E-state index in [2.05, 4.69) is 4.98 Å². The van der Waals surface area contributed by atoms with Crippen LogP contribution in [0.2, 0.25) is 0 Å². The zero-order valence-electron chi connectivity index (χ0n) is 8.78. The van der Waals surface area contributed by atoms with E-state index in [0.29, 0.717) is 17.8 Å². The number of thiazole rings is 1. The van der Waals surface area contributed by atoms with Crippen LogP contribution in [0.4, 0.5) is 13.2 Å². The van der Waals surface area contributed by atoms with Crippen LogP contribution >= 0.6 is 11.3 Å². The molecular formula is C9H12F3NO2S. The maximum atomic E-state index is 12.3. The Morgan fingerprint density at radius 2 is 2.19 bits per heavy atom. The van der Waals surface area contributed by atoms with E-state index >= 15 is 0 Å². The van der Waals surface area contributed by atoms with Crippen molar-refractivity contribution in [3.8, 4) is 0 Å². The lowest BCUT2D eigenvalue weighted by Gasteiger charge is -2.18. The summed E-state index contributed by atoms with van der Waals surface area (Å²) in [5, 5.41) is 8.79. The van der Waals surface area contributed by atoms with Gasteiger partial charge in [-0.15, -0.1) is 11.3 Å². The average molecular weight is 255 g/mol. The highest BCUT2D eigenvalue weighted by Gasteiger charge is 2.35. The van der Waals surface area contributed by atoms with Crippen LogP contribution in [0.15, 0.2) is 6.20 Å². The molecule has 0 saturated carbocycles. The molecule has 7 heteroatoms. The van der Waals surface area contributed by atoms with Crippen LogP contribution in [-0.4, -0.2) is 23.3 Å². The second-order valence-electron chi connectivity index (χ2n) is 3.19. The molecule has 1 aromatic heterocycles. The van der Waals surface area contributed by atoms with Crippen LogP contribution in [-0.2, 0) is 10.9 Å². The fourth-order valence-electron chi connectivity index (χ4n) is 1.26. The van der Waals surface area contributed by atoms with Crippen LogP contribution in [0.1, 0.15) is 29.3 Å². The average Bonchev–Trinajstić information content (AvgIpc) is 2.67. The Kier molecular flexibility index (Phi) is 4.28. The fourth-order valence-corrected chi connectivity index (χ4v) is 2.08. The summed E-state index contributed by atoms with van der Waals surface area (Å²) in [5.74, 6) is 0. The molecule has 1 N–H and O–H groups in total. The van der Waals surface area contributed by atoms with Crippen LogP contribution in [0, 0.1) is 0 Å². The number of alkyl halides is 3. The van der Waals surface area contributed by atoms with E-state index < -0.39 is 23.4 Å². The van der Waals surface area contributed by atoms with Gasteiger partial charge in [0.15, 0.2) is 5.01 Å². The van der Waals surface area contributed by atoms with Crippen molar-refractivity contribution in [3.05, 3.63) is 16.1 Å². The molecule has 2 atom stereocenters. The zero-order valence-corrected chi connectivity index (χ0v) is 9.60. The van der Waals surface area contributed by atoms with Gasteiger partial charge in [0.1, 0.15) is 6.10 Å². The number of ether oxygens (including phenoxy) is 1. The number of rotatable bonds is 4. The molecule has 0 amide bonds. The highest BCUT2D eigenvalue weighted by atomic mass is 32.1. The minimum Gasteiger partial charge on any atom is -0.385 e. The number of aromatic nitrogens is 1. The normalized spacial score (nSPS) is 16.1. The first kappa shape index (κ1) is 13.4. The van der Waals surface area contributed by atoms with Crippen molar-refractivity contribution in [2.75, 3.05) is 7.11 Å². The molecule has 0 fully saturated rings. The molecule has 1 aromatic rings. The van der Waals surface area contributed by atoms with Gasteiger partial charge in [-0.1, -0.05) is 6.92 Å². The van der Waals surface area contributed by atoms with Crippen molar-refractivity contribution in [1.82, 2.24) is 4.98 Å². The van der Waals surface area contributed by atoms with Gasteiger partial charge in [0.2, 0.25) is 0 Å². The molecule has 0 radical (unpaired) electrons. The van der Waals surface area contributed by atoms with Crippen molar-refractivity contribution in [2.45, 2.75) is 31.7 Å². The van der Waals surface area contributed by atoms with Crippen molar-refractivity contribution < 1.29 is 23.0 Å². The quantitative estimate of drug-likeness (QED) is 0.899. The molecule has 92 valence electrons. The number of hydrogen-bond acceptors (Lipinski definition) is 4. The SMILES string of the molecule is CCC(OC)C(O)c1cnc(C(F)(F)F)s1. The van der Waals surface area contributed by atoms with Crippen molar-refractivity contribution in [3.63, 3.8) is 0 Å². The van der Waals surface area contributed by atoms with E-state index in [9.17, 15) is 18.3 Å². The van der Waals surface area contributed by atoms with Crippen LogP contribution in [0.3, 0.4) is 0 Å². The summed E-state index contributed by atoms with van der Waals surface area (Å²) >= 11 is 0.441. The Balaban J connectivity index is 2.85. The number of methoxy groups -OCH3 is 1. The molecule has 1 rings (SSSR count). The second kappa shape index (κ2) is 5.11. The van der Waals surface area contributed by atoms with E-state index in [1.54, 1.807) is 6.92 Å². The molecule has 2 unspecified atom stereocenters. The molecule has 0 spiro atoms. The van der Waals surface area contributed by atoms with Gasteiger partial charge in [0.25, 0.3) is 0 Å². The molecule has 0 aliphatic heterocycles.